The number of carbonyl (C=O) groups excluding carboxylic acids is 2. The predicted octanol–water partition coefficient (Wildman–Crippen LogP) is 1.64. The zero-order chi connectivity index (χ0) is 14.8. The van der Waals surface area contributed by atoms with Crippen LogP contribution in [0.15, 0.2) is 59.6 Å². The topological polar surface area (TPSA) is 75.8 Å². The Hall–Kier alpha value is -2.95. The Morgan fingerprint density at radius 1 is 1.05 bits per heavy atom. The van der Waals surface area contributed by atoms with Crippen LogP contribution in [0.3, 0.4) is 0 Å². The number of benzene rings is 2. The first-order valence-electron chi connectivity index (χ1n) is 6.49. The average Bonchev–Trinajstić information content (AvgIpc) is 2.64. The summed E-state index contributed by atoms with van der Waals surface area (Å²) in [7, 11) is 0. The number of rotatable bonds is 2. The van der Waals surface area contributed by atoms with Crippen LogP contribution in [0.1, 0.15) is 5.56 Å². The van der Waals surface area contributed by atoms with Gasteiger partial charge < -0.3 is 5.73 Å². The summed E-state index contributed by atoms with van der Waals surface area (Å²) in [4.78, 5) is 29.7. The van der Waals surface area contributed by atoms with Crippen molar-refractivity contribution < 1.29 is 9.59 Å². The standard InChI is InChI=1S/C16H13N3O2/c17-15(20)14-16(21)19(12-7-2-1-3-8-12)13-9-5-4-6-11(13)10-18-14/h1-10,14H,(H2,17,20)/t14-/m0/s1. The zero-order valence-electron chi connectivity index (χ0n) is 11.1. The molecule has 104 valence electrons. The first kappa shape index (κ1) is 13.1. The van der Waals surface area contributed by atoms with Gasteiger partial charge in [0, 0.05) is 17.5 Å². The van der Waals surface area contributed by atoms with Crippen molar-refractivity contribution in [1.29, 1.82) is 0 Å². The van der Waals surface area contributed by atoms with Crippen LogP contribution in [0, 0.1) is 0 Å². The molecular weight excluding hydrogens is 266 g/mol. The van der Waals surface area contributed by atoms with E-state index in [0.717, 1.165) is 5.56 Å². The SMILES string of the molecule is NC(=O)[C@@H]1N=Cc2ccccc2N(c2ccccc2)C1=O. The largest absolute Gasteiger partial charge is 0.367 e. The summed E-state index contributed by atoms with van der Waals surface area (Å²) in [6.45, 7) is 0. The van der Waals surface area contributed by atoms with E-state index in [1.165, 1.54) is 11.1 Å². The fourth-order valence-corrected chi connectivity index (χ4v) is 2.30. The molecule has 2 amide bonds. The lowest BCUT2D eigenvalue weighted by atomic mass is 10.1. The minimum atomic E-state index is -1.21. The van der Waals surface area contributed by atoms with E-state index in [2.05, 4.69) is 4.99 Å². The highest BCUT2D eigenvalue weighted by molar-refractivity contribution is 6.18. The first-order valence-corrected chi connectivity index (χ1v) is 6.49. The molecule has 1 heterocycles. The summed E-state index contributed by atoms with van der Waals surface area (Å²) in [5, 5.41) is 0. The number of para-hydroxylation sites is 2. The number of anilines is 2. The fraction of sp³-hybridized carbons (Fsp3) is 0.0625. The Morgan fingerprint density at radius 3 is 2.43 bits per heavy atom. The zero-order valence-corrected chi connectivity index (χ0v) is 11.1. The van der Waals surface area contributed by atoms with E-state index in [9.17, 15) is 9.59 Å². The maximum atomic E-state index is 12.7. The number of primary amides is 1. The normalized spacial score (nSPS) is 17.2. The molecular formula is C16H13N3O2. The van der Waals surface area contributed by atoms with Crippen LogP contribution in [0.25, 0.3) is 0 Å². The van der Waals surface area contributed by atoms with E-state index in [0.29, 0.717) is 11.4 Å². The Morgan fingerprint density at radius 2 is 1.71 bits per heavy atom. The lowest BCUT2D eigenvalue weighted by molar-refractivity contribution is -0.127. The van der Waals surface area contributed by atoms with Gasteiger partial charge in [0.1, 0.15) is 0 Å². The molecule has 5 heteroatoms. The van der Waals surface area contributed by atoms with Crippen LogP contribution in [0.4, 0.5) is 11.4 Å². The van der Waals surface area contributed by atoms with Gasteiger partial charge >= 0.3 is 0 Å². The lowest BCUT2D eigenvalue weighted by Gasteiger charge is -2.24. The van der Waals surface area contributed by atoms with Crippen molar-refractivity contribution in [1.82, 2.24) is 0 Å². The molecule has 2 N–H and O–H groups in total. The second-order valence-electron chi connectivity index (χ2n) is 4.65. The van der Waals surface area contributed by atoms with Gasteiger partial charge in [-0.05, 0) is 18.2 Å². The average molecular weight is 279 g/mol. The Labute approximate surface area is 121 Å². The third-order valence-electron chi connectivity index (χ3n) is 3.28. The van der Waals surface area contributed by atoms with Gasteiger partial charge in [-0.25, -0.2) is 0 Å². The van der Waals surface area contributed by atoms with Gasteiger partial charge in [-0.2, -0.15) is 0 Å². The molecule has 0 aliphatic carbocycles. The predicted molar refractivity (Wildman–Crippen MR) is 80.6 cm³/mol. The molecule has 5 nitrogen and oxygen atoms in total. The summed E-state index contributed by atoms with van der Waals surface area (Å²) in [6.07, 6.45) is 1.52. The van der Waals surface area contributed by atoms with Crippen molar-refractivity contribution in [3.8, 4) is 0 Å². The van der Waals surface area contributed by atoms with Crippen molar-refractivity contribution in [3.05, 3.63) is 60.2 Å². The van der Waals surface area contributed by atoms with Crippen molar-refractivity contribution in [2.24, 2.45) is 10.7 Å². The van der Waals surface area contributed by atoms with Crippen LogP contribution in [-0.4, -0.2) is 24.1 Å². The third-order valence-corrected chi connectivity index (χ3v) is 3.28. The number of aliphatic imine (C=N–C) groups is 1. The number of amides is 2. The van der Waals surface area contributed by atoms with Gasteiger partial charge in [0.05, 0.1) is 5.69 Å². The summed E-state index contributed by atoms with van der Waals surface area (Å²) in [6, 6.07) is 15.3. The van der Waals surface area contributed by atoms with Gasteiger partial charge in [0.15, 0.2) is 0 Å². The number of hydrogen-bond donors (Lipinski definition) is 1. The molecule has 21 heavy (non-hydrogen) atoms. The number of benzodiazepines with no additional fused rings is 1. The van der Waals surface area contributed by atoms with Crippen LogP contribution in [0.2, 0.25) is 0 Å². The molecule has 1 atom stereocenters. The number of hydrogen-bond acceptors (Lipinski definition) is 3. The number of fused-ring (bicyclic) bond motifs is 1. The molecule has 2 aromatic rings. The third kappa shape index (κ3) is 2.29. The van der Waals surface area contributed by atoms with Crippen molar-refractivity contribution in [3.63, 3.8) is 0 Å². The van der Waals surface area contributed by atoms with Crippen molar-refractivity contribution in [2.75, 3.05) is 4.90 Å². The Balaban J connectivity index is 2.19. The van der Waals surface area contributed by atoms with Gasteiger partial charge in [0.25, 0.3) is 11.8 Å². The summed E-state index contributed by atoms with van der Waals surface area (Å²) >= 11 is 0. The van der Waals surface area contributed by atoms with Gasteiger partial charge in [-0.1, -0.05) is 36.4 Å². The summed E-state index contributed by atoms with van der Waals surface area (Å²) < 4.78 is 0. The maximum Gasteiger partial charge on any atom is 0.266 e. The highest BCUT2D eigenvalue weighted by Gasteiger charge is 2.33. The van der Waals surface area contributed by atoms with E-state index < -0.39 is 17.9 Å². The minimum Gasteiger partial charge on any atom is -0.367 e. The highest BCUT2D eigenvalue weighted by atomic mass is 16.2. The maximum absolute atomic E-state index is 12.7. The van der Waals surface area contributed by atoms with E-state index in [1.807, 2.05) is 42.5 Å². The quantitative estimate of drug-likeness (QED) is 0.848. The molecule has 0 fully saturated rings. The van der Waals surface area contributed by atoms with Crippen LogP contribution >= 0.6 is 0 Å². The molecule has 3 rings (SSSR count). The molecule has 0 spiro atoms. The fourth-order valence-electron chi connectivity index (χ4n) is 2.30. The summed E-state index contributed by atoms with van der Waals surface area (Å²) in [5.74, 6) is -1.21. The lowest BCUT2D eigenvalue weighted by Crippen LogP contribution is -2.42. The van der Waals surface area contributed by atoms with Crippen LogP contribution < -0.4 is 10.6 Å². The van der Waals surface area contributed by atoms with Crippen molar-refractivity contribution >= 4 is 29.4 Å². The Bertz CT molecular complexity index is 725. The van der Waals surface area contributed by atoms with E-state index >= 15 is 0 Å². The second kappa shape index (κ2) is 5.20. The molecule has 1 aliphatic rings. The molecule has 0 radical (unpaired) electrons. The van der Waals surface area contributed by atoms with E-state index in [4.69, 9.17) is 5.73 Å². The Kier molecular flexibility index (Phi) is 3.23. The molecule has 0 unspecified atom stereocenters. The van der Waals surface area contributed by atoms with E-state index in [-0.39, 0.29) is 0 Å². The molecule has 0 saturated heterocycles. The molecule has 0 aromatic heterocycles. The number of nitrogens with zero attached hydrogens (tertiary/aromatic N) is 2. The van der Waals surface area contributed by atoms with Crippen LogP contribution in [-0.2, 0) is 9.59 Å². The summed E-state index contributed by atoms with van der Waals surface area (Å²) in [5.41, 5.74) is 7.42. The highest BCUT2D eigenvalue weighted by Crippen LogP contribution is 2.30. The monoisotopic (exact) mass is 279 g/mol. The molecule has 0 bridgehead atoms. The molecule has 0 saturated carbocycles. The molecule has 1 aliphatic heterocycles. The second-order valence-corrected chi connectivity index (χ2v) is 4.65. The molecule has 2 aromatic carbocycles. The number of carbonyl (C=O) groups is 2. The van der Waals surface area contributed by atoms with Gasteiger partial charge in [-0.15, -0.1) is 0 Å². The van der Waals surface area contributed by atoms with Gasteiger partial charge in [0.2, 0.25) is 6.04 Å². The number of nitrogens with two attached hydrogens (primary N) is 1. The van der Waals surface area contributed by atoms with Crippen LogP contribution in [0.5, 0.6) is 0 Å². The first-order chi connectivity index (χ1) is 10.2. The minimum absolute atomic E-state index is 0.449. The van der Waals surface area contributed by atoms with E-state index in [1.54, 1.807) is 12.1 Å². The smallest absolute Gasteiger partial charge is 0.266 e. The van der Waals surface area contributed by atoms with Crippen molar-refractivity contribution in [2.45, 2.75) is 6.04 Å². The van der Waals surface area contributed by atoms with Gasteiger partial charge in [-0.3, -0.25) is 19.5 Å².